The summed E-state index contributed by atoms with van der Waals surface area (Å²) in [6.07, 6.45) is 0. The summed E-state index contributed by atoms with van der Waals surface area (Å²) in [6, 6.07) is 20.6. The van der Waals surface area contributed by atoms with Crippen molar-refractivity contribution in [1.29, 1.82) is 0 Å². The molecule has 3 rings (SSSR count). The number of aromatic nitrogens is 2. The van der Waals surface area contributed by atoms with Gasteiger partial charge in [0.05, 0.1) is 0 Å². The quantitative estimate of drug-likeness (QED) is 0.753. The Hall–Kier alpha value is -2.88. The molecule has 0 saturated heterocycles. The normalized spacial score (nSPS) is 10.5. The van der Waals surface area contributed by atoms with Gasteiger partial charge >= 0.3 is 0 Å². The van der Waals surface area contributed by atoms with E-state index in [1.807, 2.05) is 38.2 Å². The number of hydrogen-bond acceptors (Lipinski definition) is 4. The lowest BCUT2D eigenvalue weighted by molar-refractivity contribution is 0.880. The molecule has 0 bridgehead atoms. The maximum absolute atomic E-state index is 4.56. The van der Waals surface area contributed by atoms with E-state index in [9.17, 15) is 0 Å². The summed E-state index contributed by atoms with van der Waals surface area (Å²) in [6.45, 7) is 4.80. The van der Waals surface area contributed by atoms with Crippen molar-refractivity contribution >= 4 is 17.3 Å². The average Bonchev–Trinajstić information content (AvgIpc) is 2.55. The van der Waals surface area contributed by atoms with Gasteiger partial charge in [-0.05, 0) is 37.1 Å². The molecule has 2 aromatic carbocycles. The van der Waals surface area contributed by atoms with Crippen molar-refractivity contribution in [1.82, 2.24) is 9.97 Å². The van der Waals surface area contributed by atoms with Crippen LogP contribution in [0.5, 0.6) is 0 Å². The van der Waals surface area contributed by atoms with Gasteiger partial charge in [-0.2, -0.15) is 0 Å². The number of nitrogens with zero attached hydrogens (tertiary/aromatic N) is 3. The van der Waals surface area contributed by atoms with E-state index in [1.165, 1.54) is 11.1 Å². The highest BCUT2D eigenvalue weighted by molar-refractivity contribution is 5.60. The largest absolute Gasteiger partial charge is 0.355 e. The monoisotopic (exact) mass is 318 g/mol. The number of aryl methyl sites for hydroxylation is 2. The van der Waals surface area contributed by atoms with Gasteiger partial charge < -0.3 is 10.2 Å². The maximum Gasteiger partial charge on any atom is 0.136 e. The van der Waals surface area contributed by atoms with Crippen molar-refractivity contribution in [3.8, 4) is 0 Å². The van der Waals surface area contributed by atoms with Crippen LogP contribution in [0, 0.1) is 13.8 Å². The molecular weight excluding hydrogens is 296 g/mol. The molecule has 0 amide bonds. The van der Waals surface area contributed by atoms with Crippen LogP contribution in [0.25, 0.3) is 0 Å². The van der Waals surface area contributed by atoms with Crippen molar-refractivity contribution in [2.24, 2.45) is 0 Å². The summed E-state index contributed by atoms with van der Waals surface area (Å²) < 4.78 is 0. The summed E-state index contributed by atoms with van der Waals surface area (Å²) >= 11 is 0. The Labute approximate surface area is 143 Å². The molecule has 4 heteroatoms. The lowest BCUT2D eigenvalue weighted by Crippen LogP contribution is -2.18. The van der Waals surface area contributed by atoms with Crippen LogP contribution < -0.4 is 10.2 Å². The molecule has 24 heavy (non-hydrogen) atoms. The van der Waals surface area contributed by atoms with Crippen molar-refractivity contribution in [3.63, 3.8) is 0 Å². The first-order valence-corrected chi connectivity index (χ1v) is 8.04. The third kappa shape index (κ3) is 4.10. The Bertz CT molecular complexity index is 815. The number of hydrogen-bond donors (Lipinski definition) is 1. The van der Waals surface area contributed by atoms with Crippen LogP contribution in [0.4, 0.5) is 17.3 Å². The molecule has 0 aliphatic heterocycles. The first kappa shape index (κ1) is 16.0. The zero-order valence-electron chi connectivity index (χ0n) is 14.3. The minimum Gasteiger partial charge on any atom is -0.355 e. The van der Waals surface area contributed by atoms with E-state index in [0.29, 0.717) is 0 Å². The van der Waals surface area contributed by atoms with Crippen LogP contribution in [-0.4, -0.2) is 17.0 Å². The zero-order chi connectivity index (χ0) is 16.9. The Kier molecular flexibility index (Phi) is 4.75. The van der Waals surface area contributed by atoms with E-state index in [0.717, 1.165) is 29.7 Å². The van der Waals surface area contributed by atoms with Crippen LogP contribution in [0.1, 0.15) is 17.0 Å². The average molecular weight is 318 g/mol. The van der Waals surface area contributed by atoms with Crippen molar-refractivity contribution in [3.05, 3.63) is 77.6 Å². The fourth-order valence-electron chi connectivity index (χ4n) is 2.62. The molecule has 1 N–H and O–H groups in total. The molecule has 4 nitrogen and oxygen atoms in total. The predicted octanol–water partition coefficient (Wildman–Crippen LogP) is 4.47. The molecule has 0 radical (unpaired) electrons. The lowest BCUT2D eigenvalue weighted by atomic mass is 10.2. The van der Waals surface area contributed by atoms with Gasteiger partial charge in [0.25, 0.3) is 0 Å². The van der Waals surface area contributed by atoms with Crippen LogP contribution in [0.3, 0.4) is 0 Å². The van der Waals surface area contributed by atoms with E-state index >= 15 is 0 Å². The maximum atomic E-state index is 4.56. The molecule has 0 spiro atoms. The van der Waals surface area contributed by atoms with E-state index in [2.05, 4.69) is 63.5 Å². The molecule has 122 valence electrons. The topological polar surface area (TPSA) is 41.0 Å². The minimum atomic E-state index is 0.752. The minimum absolute atomic E-state index is 0.752. The SMILES string of the molecule is Cc1cccc(Nc2cc(N(C)Cc3ccccc3)nc(C)n2)c1. The summed E-state index contributed by atoms with van der Waals surface area (Å²) in [4.78, 5) is 11.2. The standard InChI is InChI=1S/C20H22N4/c1-15-8-7-11-18(12-15)23-19-13-20(22-16(2)21-19)24(3)14-17-9-5-4-6-10-17/h4-13H,14H2,1-3H3,(H,21,22,23). The van der Waals surface area contributed by atoms with Crippen LogP contribution in [0.2, 0.25) is 0 Å². The number of nitrogens with one attached hydrogen (secondary N) is 1. The smallest absolute Gasteiger partial charge is 0.136 e. The molecule has 1 aromatic heterocycles. The molecule has 0 unspecified atom stereocenters. The summed E-state index contributed by atoms with van der Waals surface area (Å²) in [5.74, 6) is 2.46. The van der Waals surface area contributed by atoms with E-state index in [1.54, 1.807) is 0 Å². The second-order valence-electron chi connectivity index (χ2n) is 5.99. The summed E-state index contributed by atoms with van der Waals surface area (Å²) in [5, 5.41) is 3.37. The molecule has 1 heterocycles. The zero-order valence-corrected chi connectivity index (χ0v) is 14.3. The molecule has 0 aliphatic rings. The van der Waals surface area contributed by atoms with Crippen LogP contribution >= 0.6 is 0 Å². The van der Waals surface area contributed by atoms with E-state index in [-0.39, 0.29) is 0 Å². The van der Waals surface area contributed by atoms with Gasteiger partial charge in [-0.1, -0.05) is 42.5 Å². The highest BCUT2D eigenvalue weighted by Crippen LogP contribution is 2.21. The number of anilines is 3. The van der Waals surface area contributed by atoms with Gasteiger partial charge in [0.1, 0.15) is 17.5 Å². The molecule has 0 fully saturated rings. The van der Waals surface area contributed by atoms with Crippen molar-refractivity contribution < 1.29 is 0 Å². The second kappa shape index (κ2) is 7.13. The first-order valence-electron chi connectivity index (χ1n) is 8.04. The van der Waals surface area contributed by atoms with Gasteiger partial charge in [-0.3, -0.25) is 0 Å². The lowest BCUT2D eigenvalue weighted by Gasteiger charge is -2.19. The Morgan fingerprint density at radius 1 is 0.917 bits per heavy atom. The third-order valence-electron chi connectivity index (χ3n) is 3.77. The number of benzene rings is 2. The second-order valence-corrected chi connectivity index (χ2v) is 5.99. The fourth-order valence-corrected chi connectivity index (χ4v) is 2.62. The van der Waals surface area contributed by atoms with Gasteiger partial charge in [0, 0.05) is 25.3 Å². The molecule has 0 atom stereocenters. The Balaban J connectivity index is 1.80. The highest BCUT2D eigenvalue weighted by atomic mass is 15.2. The van der Waals surface area contributed by atoms with Crippen molar-refractivity contribution in [2.75, 3.05) is 17.3 Å². The van der Waals surface area contributed by atoms with Gasteiger partial charge in [-0.25, -0.2) is 9.97 Å². The molecule has 0 aliphatic carbocycles. The van der Waals surface area contributed by atoms with Gasteiger partial charge in [0.15, 0.2) is 0 Å². The van der Waals surface area contributed by atoms with E-state index in [4.69, 9.17) is 0 Å². The van der Waals surface area contributed by atoms with Crippen LogP contribution in [-0.2, 0) is 6.54 Å². The van der Waals surface area contributed by atoms with Gasteiger partial charge in [0.2, 0.25) is 0 Å². The predicted molar refractivity (Wildman–Crippen MR) is 99.8 cm³/mol. The first-order chi connectivity index (χ1) is 11.6. The summed E-state index contributed by atoms with van der Waals surface area (Å²) in [5.41, 5.74) is 3.50. The number of rotatable bonds is 5. The Morgan fingerprint density at radius 2 is 1.71 bits per heavy atom. The highest BCUT2D eigenvalue weighted by Gasteiger charge is 2.08. The van der Waals surface area contributed by atoms with Crippen molar-refractivity contribution in [2.45, 2.75) is 20.4 Å². The van der Waals surface area contributed by atoms with E-state index < -0.39 is 0 Å². The fraction of sp³-hybridized carbons (Fsp3) is 0.200. The molecule has 0 saturated carbocycles. The summed E-state index contributed by atoms with van der Waals surface area (Å²) in [7, 11) is 2.05. The third-order valence-corrected chi connectivity index (χ3v) is 3.77. The molecule has 3 aromatic rings. The molecular formula is C20H22N4. The van der Waals surface area contributed by atoms with Gasteiger partial charge in [-0.15, -0.1) is 0 Å². The Morgan fingerprint density at radius 3 is 2.46 bits per heavy atom. The van der Waals surface area contributed by atoms with Crippen LogP contribution in [0.15, 0.2) is 60.7 Å².